The standard InChI is InChI=1S/C13H12ClF2NO/c1-2-17-13(11-5-6-12(14)18-11)9-4-3-8(15)7-10(9)16/h3-7,13,17H,2H2,1H3. The molecular weight excluding hydrogens is 260 g/mol. The normalized spacial score (nSPS) is 12.7. The first-order valence-corrected chi connectivity index (χ1v) is 5.93. The molecule has 0 saturated carbocycles. The van der Waals surface area contributed by atoms with Gasteiger partial charge >= 0.3 is 0 Å². The highest BCUT2D eigenvalue weighted by atomic mass is 35.5. The molecule has 0 radical (unpaired) electrons. The molecule has 0 bridgehead atoms. The molecule has 1 aromatic carbocycles. The average Bonchev–Trinajstić information content (AvgIpc) is 2.73. The lowest BCUT2D eigenvalue weighted by atomic mass is 10.0. The van der Waals surface area contributed by atoms with Gasteiger partial charge in [0.2, 0.25) is 0 Å². The predicted molar refractivity (Wildman–Crippen MR) is 65.6 cm³/mol. The second kappa shape index (κ2) is 5.50. The van der Waals surface area contributed by atoms with E-state index in [9.17, 15) is 8.78 Å². The number of hydrogen-bond acceptors (Lipinski definition) is 2. The van der Waals surface area contributed by atoms with Crippen LogP contribution in [0.4, 0.5) is 8.78 Å². The molecule has 1 atom stereocenters. The summed E-state index contributed by atoms with van der Waals surface area (Å²) in [4.78, 5) is 0. The van der Waals surface area contributed by atoms with Crippen LogP contribution in [0.2, 0.25) is 5.22 Å². The number of furan rings is 1. The Kier molecular flexibility index (Phi) is 3.99. The van der Waals surface area contributed by atoms with Crippen molar-refractivity contribution < 1.29 is 13.2 Å². The van der Waals surface area contributed by atoms with Crippen LogP contribution in [0, 0.1) is 11.6 Å². The van der Waals surface area contributed by atoms with Gasteiger partial charge in [-0.1, -0.05) is 13.0 Å². The Labute approximate surface area is 109 Å². The molecule has 0 fully saturated rings. The lowest BCUT2D eigenvalue weighted by Crippen LogP contribution is -2.22. The van der Waals surface area contributed by atoms with Gasteiger partial charge in [-0.05, 0) is 36.3 Å². The van der Waals surface area contributed by atoms with E-state index in [1.807, 2.05) is 6.92 Å². The number of nitrogens with one attached hydrogen (secondary N) is 1. The van der Waals surface area contributed by atoms with Crippen molar-refractivity contribution in [3.63, 3.8) is 0 Å². The van der Waals surface area contributed by atoms with Crippen LogP contribution in [0.1, 0.15) is 24.3 Å². The highest BCUT2D eigenvalue weighted by molar-refractivity contribution is 6.28. The summed E-state index contributed by atoms with van der Waals surface area (Å²) in [7, 11) is 0. The minimum Gasteiger partial charge on any atom is -0.448 e. The molecule has 2 rings (SSSR count). The Morgan fingerprint density at radius 1 is 1.28 bits per heavy atom. The number of halogens is 3. The maximum atomic E-state index is 13.8. The van der Waals surface area contributed by atoms with Gasteiger partial charge in [-0.25, -0.2) is 8.78 Å². The van der Waals surface area contributed by atoms with Crippen molar-refractivity contribution in [2.45, 2.75) is 13.0 Å². The van der Waals surface area contributed by atoms with Crippen LogP contribution in [-0.2, 0) is 0 Å². The zero-order valence-corrected chi connectivity index (χ0v) is 10.5. The third-order valence-corrected chi connectivity index (χ3v) is 2.76. The van der Waals surface area contributed by atoms with Crippen LogP contribution in [-0.4, -0.2) is 6.54 Å². The van der Waals surface area contributed by atoms with Gasteiger partial charge in [-0.3, -0.25) is 0 Å². The lowest BCUT2D eigenvalue weighted by Gasteiger charge is -2.16. The van der Waals surface area contributed by atoms with Gasteiger partial charge in [0.15, 0.2) is 5.22 Å². The Morgan fingerprint density at radius 3 is 2.61 bits per heavy atom. The monoisotopic (exact) mass is 271 g/mol. The van der Waals surface area contributed by atoms with Gasteiger partial charge in [0.25, 0.3) is 0 Å². The first kappa shape index (κ1) is 13.1. The van der Waals surface area contributed by atoms with Gasteiger partial charge in [0.1, 0.15) is 17.4 Å². The molecule has 5 heteroatoms. The minimum absolute atomic E-state index is 0.232. The van der Waals surface area contributed by atoms with Crippen LogP contribution >= 0.6 is 11.6 Å². The SMILES string of the molecule is CCNC(c1ccc(Cl)o1)c1ccc(F)cc1F. The van der Waals surface area contributed by atoms with E-state index in [1.165, 1.54) is 12.1 Å². The topological polar surface area (TPSA) is 25.2 Å². The summed E-state index contributed by atoms with van der Waals surface area (Å²) in [6, 6.07) is 6.23. The van der Waals surface area contributed by atoms with Crippen LogP contribution in [0.5, 0.6) is 0 Å². The van der Waals surface area contributed by atoms with Gasteiger partial charge < -0.3 is 9.73 Å². The highest BCUT2D eigenvalue weighted by Crippen LogP contribution is 2.27. The zero-order valence-electron chi connectivity index (χ0n) is 9.71. The summed E-state index contributed by atoms with van der Waals surface area (Å²) in [6.07, 6.45) is 0. The lowest BCUT2D eigenvalue weighted by molar-refractivity contribution is 0.441. The minimum atomic E-state index is -0.617. The fourth-order valence-corrected chi connectivity index (χ4v) is 1.94. The van der Waals surface area contributed by atoms with E-state index in [0.717, 1.165) is 6.07 Å². The zero-order chi connectivity index (χ0) is 13.1. The van der Waals surface area contributed by atoms with Crippen LogP contribution in [0.15, 0.2) is 34.7 Å². The molecule has 1 heterocycles. The van der Waals surface area contributed by atoms with Crippen molar-refractivity contribution in [1.82, 2.24) is 5.32 Å². The summed E-state index contributed by atoms with van der Waals surface area (Å²) in [5.41, 5.74) is 0.323. The Hall–Kier alpha value is -1.39. The molecule has 2 nitrogen and oxygen atoms in total. The Bertz CT molecular complexity index is 542. The summed E-state index contributed by atoms with van der Waals surface area (Å²) in [6.45, 7) is 2.50. The number of hydrogen-bond donors (Lipinski definition) is 1. The van der Waals surface area contributed by atoms with Crippen molar-refractivity contribution in [3.05, 3.63) is 58.5 Å². The van der Waals surface area contributed by atoms with Crippen LogP contribution in [0.25, 0.3) is 0 Å². The molecule has 2 aromatic rings. The Balaban J connectivity index is 2.41. The quantitative estimate of drug-likeness (QED) is 0.912. The van der Waals surface area contributed by atoms with Crippen LogP contribution in [0.3, 0.4) is 0 Å². The van der Waals surface area contributed by atoms with E-state index in [4.69, 9.17) is 16.0 Å². The third kappa shape index (κ3) is 2.71. The molecule has 0 aliphatic rings. The fourth-order valence-electron chi connectivity index (χ4n) is 1.79. The fraction of sp³-hybridized carbons (Fsp3) is 0.231. The molecule has 0 aliphatic heterocycles. The van der Waals surface area contributed by atoms with E-state index >= 15 is 0 Å². The maximum absolute atomic E-state index is 13.8. The van der Waals surface area contributed by atoms with Crippen molar-refractivity contribution in [2.24, 2.45) is 0 Å². The third-order valence-electron chi connectivity index (χ3n) is 2.56. The summed E-state index contributed by atoms with van der Waals surface area (Å²) >= 11 is 5.71. The predicted octanol–water partition coefficient (Wildman–Crippen LogP) is 3.91. The summed E-state index contributed by atoms with van der Waals surface area (Å²) < 4.78 is 31.9. The molecule has 0 aliphatic carbocycles. The molecule has 0 saturated heterocycles. The van der Waals surface area contributed by atoms with Crippen LogP contribution < -0.4 is 5.32 Å². The van der Waals surface area contributed by atoms with Gasteiger partial charge in [-0.2, -0.15) is 0 Å². The molecule has 1 aromatic heterocycles. The largest absolute Gasteiger partial charge is 0.448 e. The molecular formula is C13H12ClF2NO. The summed E-state index contributed by atoms with van der Waals surface area (Å²) in [5.74, 6) is -0.732. The van der Waals surface area contributed by atoms with Crippen molar-refractivity contribution in [3.8, 4) is 0 Å². The van der Waals surface area contributed by atoms with Crippen molar-refractivity contribution in [1.29, 1.82) is 0 Å². The van der Waals surface area contributed by atoms with Gasteiger partial charge in [0, 0.05) is 11.6 Å². The summed E-state index contributed by atoms with van der Waals surface area (Å²) in [5, 5.41) is 3.31. The molecule has 1 N–H and O–H groups in total. The van der Waals surface area contributed by atoms with E-state index in [0.29, 0.717) is 17.9 Å². The van der Waals surface area contributed by atoms with E-state index < -0.39 is 17.7 Å². The molecule has 18 heavy (non-hydrogen) atoms. The van der Waals surface area contributed by atoms with E-state index in [1.54, 1.807) is 12.1 Å². The second-order valence-electron chi connectivity index (χ2n) is 3.80. The first-order chi connectivity index (χ1) is 8.61. The second-order valence-corrected chi connectivity index (χ2v) is 4.17. The Morgan fingerprint density at radius 2 is 2.06 bits per heavy atom. The van der Waals surface area contributed by atoms with Crippen molar-refractivity contribution >= 4 is 11.6 Å². The molecule has 1 unspecified atom stereocenters. The average molecular weight is 272 g/mol. The smallest absolute Gasteiger partial charge is 0.193 e. The first-order valence-electron chi connectivity index (χ1n) is 5.55. The molecule has 0 amide bonds. The number of rotatable bonds is 4. The highest BCUT2D eigenvalue weighted by Gasteiger charge is 2.20. The van der Waals surface area contributed by atoms with E-state index in [-0.39, 0.29) is 5.22 Å². The molecule has 96 valence electrons. The molecule has 0 spiro atoms. The maximum Gasteiger partial charge on any atom is 0.193 e. The van der Waals surface area contributed by atoms with E-state index in [2.05, 4.69) is 5.32 Å². The van der Waals surface area contributed by atoms with Gasteiger partial charge in [-0.15, -0.1) is 0 Å². The van der Waals surface area contributed by atoms with Crippen molar-refractivity contribution in [2.75, 3.05) is 6.54 Å². The van der Waals surface area contributed by atoms with Gasteiger partial charge in [0.05, 0.1) is 6.04 Å². The number of benzene rings is 1.